The normalized spacial score (nSPS) is 27.0. The Morgan fingerprint density at radius 2 is 1.88 bits per heavy atom. The van der Waals surface area contributed by atoms with E-state index in [4.69, 9.17) is 4.74 Å². The van der Waals surface area contributed by atoms with Crippen LogP contribution in [-0.2, 0) is 4.74 Å². The highest BCUT2D eigenvalue weighted by Crippen LogP contribution is 2.31. The number of rotatable bonds is 3. The van der Waals surface area contributed by atoms with Crippen LogP contribution in [0.3, 0.4) is 0 Å². The maximum Gasteiger partial charge on any atom is 0.359 e. The molecule has 0 aromatic carbocycles. The summed E-state index contributed by atoms with van der Waals surface area (Å²) in [5.74, 6) is 0.589. The molecule has 3 aromatic rings. The van der Waals surface area contributed by atoms with E-state index in [-0.39, 0.29) is 6.61 Å². The molecule has 124 valence electrons. The second kappa shape index (κ2) is 5.87. The van der Waals surface area contributed by atoms with E-state index in [1.54, 1.807) is 4.57 Å². The first kappa shape index (κ1) is 15.1. The third-order valence-electron chi connectivity index (χ3n) is 4.09. The largest absolute Gasteiger partial charge is 0.394 e. The van der Waals surface area contributed by atoms with Crippen molar-refractivity contribution in [2.24, 2.45) is 0 Å². The molecule has 1 aliphatic rings. The molecule has 0 aliphatic carbocycles. The van der Waals surface area contributed by atoms with Crippen LogP contribution in [0.2, 0.25) is 0 Å². The van der Waals surface area contributed by atoms with E-state index in [1.807, 2.05) is 30.6 Å². The molecule has 4 atom stereocenters. The van der Waals surface area contributed by atoms with Gasteiger partial charge in [0.1, 0.15) is 18.3 Å². The van der Waals surface area contributed by atoms with Gasteiger partial charge in [-0.3, -0.25) is 4.57 Å². The molecule has 3 N–H and O–H groups in total. The van der Waals surface area contributed by atoms with Crippen molar-refractivity contribution in [1.82, 2.24) is 19.5 Å². The molecular formula is C15H16N5O4+. The lowest BCUT2D eigenvalue weighted by molar-refractivity contribution is -0.598. The standard InChI is InChI=1S/C15H16N5O4/c21-6-9-11(22)12(23)15(24-9)20-8-18-10-13(16-7-17-14(10)20)19-4-2-1-3-5-19/h1-5,7-9,11-12,15,21-23H,6H2/q+1/t9-,11-,12-,15-/m1/s1. The van der Waals surface area contributed by atoms with Gasteiger partial charge in [0, 0.05) is 0 Å². The smallest absolute Gasteiger partial charge is 0.359 e. The second-order valence-electron chi connectivity index (χ2n) is 5.53. The molecule has 1 fully saturated rings. The summed E-state index contributed by atoms with van der Waals surface area (Å²) in [7, 11) is 0. The van der Waals surface area contributed by atoms with Crippen LogP contribution in [0.25, 0.3) is 17.0 Å². The van der Waals surface area contributed by atoms with Gasteiger partial charge in [0.25, 0.3) is 0 Å². The zero-order valence-corrected chi connectivity index (χ0v) is 12.5. The lowest BCUT2D eigenvalue weighted by Crippen LogP contribution is -2.33. The highest BCUT2D eigenvalue weighted by Gasteiger charge is 2.44. The van der Waals surface area contributed by atoms with Crippen molar-refractivity contribution in [2.45, 2.75) is 24.5 Å². The monoisotopic (exact) mass is 330 g/mol. The number of ether oxygens (including phenoxy) is 1. The minimum Gasteiger partial charge on any atom is -0.394 e. The Hall–Kier alpha value is -2.46. The average molecular weight is 330 g/mol. The Morgan fingerprint density at radius 3 is 2.58 bits per heavy atom. The van der Waals surface area contributed by atoms with Crippen LogP contribution in [0.5, 0.6) is 0 Å². The summed E-state index contributed by atoms with van der Waals surface area (Å²) in [5, 5.41) is 29.3. The van der Waals surface area contributed by atoms with E-state index in [9.17, 15) is 15.3 Å². The molecule has 4 heterocycles. The van der Waals surface area contributed by atoms with Crippen LogP contribution < -0.4 is 4.57 Å². The van der Waals surface area contributed by atoms with Gasteiger partial charge < -0.3 is 20.1 Å². The molecule has 9 heteroatoms. The summed E-state index contributed by atoms with van der Waals surface area (Å²) in [4.78, 5) is 12.8. The van der Waals surface area contributed by atoms with Crippen molar-refractivity contribution in [3.8, 4) is 5.82 Å². The molecule has 0 spiro atoms. The summed E-state index contributed by atoms with van der Waals surface area (Å²) in [6, 6.07) is 5.64. The van der Waals surface area contributed by atoms with Crippen LogP contribution in [0.1, 0.15) is 6.23 Å². The van der Waals surface area contributed by atoms with Gasteiger partial charge in [0.15, 0.2) is 11.9 Å². The lowest BCUT2D eigenvalue weighted by atomic mass is 10.1. The van der Waals surface area contributed by atoms with Gasteiger partial charge in [-0.2, -0.15) is 4.98 Å². The fourth-order valence-electron chi connectivity index (χ4n) is 2.86. The quantitative estimate of drug-likeness (QED) is 0.512. The van der Waals surface area contributed by atoms with Crippen molar-refractivity contribution in [3.63, 3.8) is 0 Å². The topological polar surface area (TPSA) is 117 Å². The third-order valence-corrected chi connectivity index (χ3v) is 4.09. The van der Waals surface area contributed by atoms with E-state index in [0.717, 1.165) is 0 Å². The van der Waals surface area contributed by atoms with Gasteiger partial charge >= 0.3 is 5.82 Å². The lowest BCUT2D eigenvalue weighted by Gasteiger charge is -2.16. The Labute approximate surface area is 136 Å². The number of pyridine rings is 1. The number of fused-ring (bicyclic) bond motifs is 1. The van der Waals surface area contributed by atoms with Crippen molar-refractivity contribution in [3.05, 3.63) is 43.2 Å². The number of aromatic nitrogens is 5. The Bertz CT molecular complexity index is 855. The number of hydrogen-bond donors (Lipinski definition) is 3. The molecule has 0 bridgehead atoms. The van der Waals surface area contributed by atoms with Crippen LogP contribution in [0.4, 0.5) is 0 Å². The van der Waals surface area contributed by atoms with Crippen molar-refractivity contribution in [2.75, 3.05) is 6.61 Å². The Kier molecular flexibility index (Phi) is 3.69. The van der Waals surface area contributed by atoms with Gasteiger partial charge in [-0.05, 0) is 17.1 Å². The number of aliphatic hydroxyl groups is 3. The molecular weight excluding hydrogens is 314 g/mol. The van der Waals surface area contributed by atoms with E-state index < -0.39 is 24.5 Å². The summed E-state index contributed by atoms with van der Waals surface area (Å²) >= 11 is 0. The molecule has 24 heavy (non-hydrogen) atoms. The molecule has 4 rings (SSSR count). The number of imidazole rings is 1. The molecule has 9 nitrogen and oxygen atoms in total. The van der Waals surface area contributed by atoms with E-state index >= 15 is 0 Å². The minimum atomic E-state index is -1.19. The van der Waals surface area contributed by atoms with E-state index in [0.29, 0.717) is 17.0 Å². The Morgan fingerprint density at radius 1 is 1.08 bits per heavy atom. The van der Waals surface area contributed by atoms with Crippen LogP contribution in [0, 0.1) is 0 Å². The molecule has 3 aromatic heterocycles. The van der Waals surface area contributed by atoms with Gasteiger partial charge in [-0.25, -0.2) is 9.55 Å². The maximum atomic E-state index is 10.2. The number of hydrogen-bond acceptors (Lipinski definition) is 7. The zero-order valence-electron chi connectivity index (χ0n) is 12.5. The van der Waals surface area contributed by atoms with Crippen LogP contribution in [0.15, 0.2) is 43.2 Å². The predicted molar refractivity (Wildman–Crippen MR) is 79.9 cm³/mol. The number of aliphatic hydroxyl groups excluding tert-OH is 3. The minimum absolute atomic E-state index is 0.387. The molecule has 0 saturated carbocycles. The predicted octanol–water partition coefficient (Wildman–Crippen LogP) is -1.29. The van der Waals surface area contributed by atoms with Crippen molar-refractivity contribution in [1.29, 1.82) is 0 Å². The Balaban J connectivity index is 1.80. The van der Waals surface area contributed by atoms with Gasteiger partial charge in [0.2, 0.25) is 11.8 Å². The van der Waals surface area contributed by atoms with Gasteiger partial charge in [-0.15, -0.1) is 0 Å². The van der Waals surface area contributed by atoms with Gasteiger partial charge in [0.05, 0.1) is 25.3 Å². The molecule has 0 radical (unpaired) electrons. The summed E-state index contributed by atoms with van der Waals surface area (Å²) in [5.41, 5.74) is 0.998. The van der Waals surface area contributed by atoms with Crippen molar-refractivity contribution < 1.29 is 24.6 Å². The first-order chi connectivity index (χ1) is 11.7. The molecule has 1 saturated heterocycles. The third kappa shape index (κ3) is 2.26. The maximum absolute atomic E-state index is 10.2. The summed E-state index contributed by atoms with van der Waals surface area (Å²) in [6.07, 6.45) is 2.45. The summed E-state index contributed by atoms with van der Waals surface area (Å²) < 4.78 is 8.88. The van der Waals surface area contributed by atoms with Crippen molar-refractivity contribution >= 4 is 11.2 Å². The second-order valence-corrected chi connectivity index (χ2v) is 5.53. The fraction of sp³-hybridized carbons (Fsp3) is 0.333. The highest BCUT2D eigenvalue weighted by atomic mass is 16.6. The van der Waals surface area contributed by atoms with Crippen LogP contribution >= 0.6 is 0 Å². The zero-order chi connectivity index (χ0) is 16.7. The number of nitrogens with zero attached hydrogens (tertiary/aromatic N) is 5. The average Bonchev–Trinajstić information content (AvgIpc) is 3.17. The molecule has 1 aliphatic heterocycles. The SMILES string of the molecule is OC[C@H]1O[C@@H](n2cnc3c(-[n+]4ccccc4)ncnc32)[C@H](O)[C@@H]1O. The fourth-order valence-corrected chi connectivity index (χ4v) is 2.86. The summed E-state index contributed by atoms with van der Waals surface area (Å²) in [6.45, 7) is -0.387. The first-order valence-corrected chi connectivity index (χ1v) is 7.47. The van der Waals surface area contributed by atoms with E-state index in [1.165, 1.54) is 17.2 Å². The van der Waals surface area contributed by atoms with E-state index in [2.05, 4.69) is 15.0 Å². The molecule has 0 unspecified atom stereocenters. The first-order valence-electron chi connectivity index (χ1n) is 7.47. The van der Waals surface area contributed by atoms with Gasteiger partial charge in [-0.1, -0.05) is 6.07 Å². The van der Waals surface area contributed by atoms with Crippen LogP contribution in [-0.4, -0.2) is 59.8 Å². The molecule has 0 amide bonds. The highest BCUT2D eigenvalue weighted by molar-refractivity contribution is 5.76.